The molecule has 2 amide bonds. The number of para-hydroxylation sites is 2. The van der Waals surface area contributed by atoms with Crippen LogP contribution in [-0.2, 0) is 14.8 Å². The van der Waals surface area contributed by atoms with Gasteiger partial charge < -0.3 is 15.4 Å². The van der Waals surface area contributed by atoms with E-state index in [0.29, 0.717) is 17.1 Å². The molecule has 1 aliphatic rings. The zero-order valence-electron chi connectivity index (χ0n) is 18.2. The molecule has 3 aromatic carbocycles. The average molecular weight is 500 g/mol. The molecule has 1 saturated carbocycles. The summed E-state index contributed by atoms with van der Waals surface area (Å²) in [5, 5.41) is 5.50. The molecule has 0 atom stereocenters. The maximum absolute atomic E-state index is 13.0. The summed E-state index contributed by atoms with van der Waals surface area (Å²) in [7, 11) is -2.69. The first-order valence-corrected chi connectivity index (χ1v) is 12.3. The number of rotatable bonds is 8. The first-order chi connectivity index (χ1) is 16.3. The molecule has 0 radical (unpaired) electrons. The van der Waals surface area contributed by atoms with Crippen LogP contribution in [0.3, 0.4) is 0 Å². The van der Waals surface area contributed by atoms with E-state index in [9.17, 15) is 18.0 Å². The summed E-state index contributed by atoms with van der Waals surface area (Å²) >= 11 is 6.16. The third kappa shape index (κ3) is 5.49. The molecule has 4 rings (SSSR count). The SMILES string of the molecule is COc1ccccc1NS(=O)(=O)c1cc(C(=O)Nc2cccc(NC(=O)C3CC3)c2)ccc1Cl. The second-order valence-electron chi connectivity index (χ2n) is 7.75. The molecule has 0 aliphatic heterocycles. The second-order valence-corrected chi connectivity index (χ2v) is 9.81. The Hall–Kier alpha value is -3.56. The van der Waals surface area contributed by atoms with E-state index in [2.05, 4.69) is 15.4 Å². The van der Waals surface area contributed by atoms with Gasteiger partial charge in [0.05, 0.1) is 17.8 Å². The van der Waals surface area contributed by atoms with E-state index in [1.54, 1.807) is 48.5 Å². The number of methoxy groups -OCH3 is 1. The van der Waals surface area contributed by atoms with Gasteiger partial charge in [-0.15, -0.1) is 0 Å². The van der Waals surface area contributed by atoms with Crippen LogP contribution >= 0.6 is 11.6 Å². The van der Waals surface area contributed by atoms with Crippen molar-refractivity contribution >= 4 is 50.5 Å². The lowest BCUT2D eigenvalue weighted by Gasteiger charge is -2.14. The predicted molar refractivity (Wildman–Crippen MR) is 131 cm³/mol. The van der Waals surface area contributed by atoms with Gasteiger partial charge in [0, 0.05) is 22.9 Å². The van der Waals surface area contributed by atoms with Gasteiger partial charge in [-0.1, -0.05) is 29.8 Å². The highest BCUT2D eigenvalue weighted by molar-refractivity contribution is 7.92. The topological polar surface area (TPSA) is 114 Å². The fourth-order valence-electron chi connectivity index (χ4n) is 3.25. The Morgan fingerprint density at radius 2 is 1.65 bits per heavy atom. The summed E-state index contributed by atoms with van der Waals surface area (Å²) in [4.78, 5) is 24.6. The lowest BCUT2D eigenvalue weighted by Crippen LogP contribution is -2.17. The Balaban J connectivity index is 1.53. The fraction of sp³-hybridized carbons (Fsp3) is 0.167. The number of carbonyl (C=O) groups is 2. The number of benzene rings is 3. The molecular weight excluding hydrogens is 478 g/mol. The van der Waals surface area contributed by atoms with E-state index in [1.165, 1.54) is 25.3 Å². The summed E-state index contributed by atoms with van der Waals surface area (Å²) in [6, 6.07) is 17.2. The lowest BCUT2D eigenvalue weighted by molar-refractivity contribution is -0.117. The standard InChI is InChI=1S/C24H22ClN3O5S/c1-33-21-8-3-2-7-20(21)28-34(31,32)22-13-16(11-12-19(22)25)24(30)27-18-6-4-5-17(14-18)26-23(29)15-9-10-15/h2-8,11-15,28H,9-10H2,1H3,(H,26,29)(H,27,30). The quantitative estimate of drug-likeness (QED) is 0.414. The normalized spacial score (nSPS) is 13.1. The van der Waals surface area contributed by atoms with Crippen molar-refractivity contribution in [3.05, 3.63) is 77.3 Å². The van der Waals surface area contributed by atoms with Gasteiger partial charge >= 0.3 is 0 Å². The zero-order valence-corrected chi connectivity index (χ0v) is 19.7. The first kappa shape index (κ1) is 23.6. The molecule has 0 spiro atoms. The third-order valence-corrected chi connectivity index (χ3v) is 7.02. The first-order valence-electron chi connectivity index (χ1n) is 10.4. The van der Waals surface area contributed by atoms with Crippen molar-refractivity contribution in [1.29, 1.82) is 0 Å². The Labute approximate surface area is 202 Å². The molecule has 1 aliphatic carbocycles. The Morgan fingerprint density at radius 3 is 2.35 bits per heavy atom. The van der Waals surface area contributed by atoms with Crippen molar-refractivity contribution in [3.63, 3.8) is 0 Å². The molecule has 3 N–H and O–H groups in total. The highest BCUT2D eigenvalue weighted by Gasteiger charge is 2.29. The molecular formula is C24H22ClN3O5S. The summed E-state index contributed by atoms with van der Waals surface area (Å²) in [5.74, 6) is -0.184. The van der Waals surface area contributed by atoms with E-state index in [0.717, 1.165) is 12.8 Å². The molecule has 8 nitrogen and oxygen atoms in total. The Bertz CT molecular complexity index is 1360. The smallest absolute Gasteiger partial charge is 0.263 e. The van der Waals surface area contributed by atoms with Crippen LogP contribution in [-0.4, -0.2) is 27.3 Å². The van der Waals surface area contributed by atoms with Gasteiger partial charge in [-0.2, -0.15) is 0 Å². The summed E-state index contributed by atoms with van der Waals surface area (Å²) in [6.07, 6.45) is 1.77. The number of carbonyl (C=O) groups excluding carboxylic acids is 2. The predicted octanol–water partition coefficient (Wildman–Crippen LogP) is 4.75. The Kier molecular flexibility index (Phi) is 6.76. The van der Waals surface area contributed by atoms with Crippen LogP contribution in [0.25, 0.3) is 0 Å². The van der Waals surface area contributed by atoms with Crippen molar-refractivity contribution in [2.24, 2.45) is 5.92 Å². The summed E-state index contributed by atoms with van der Waals surface area (Å²) in [6.45, 7) is 0. The lowest BCUT2D eigenvalue weighted by atomic mass is 10.2. The average Bonchev–Trinajstić information content (AvgIpc) is 3.65. The van der Waals surface area contributed by atoms with Crippen molar-refractivity contribution < 1.29 is 22.7 Å². The van der Waals surface area contributed by atoms with Crippen molar-refractivity contribution in [2.75, 3.05) is 22.5 Å². The molecule has 0 heterocycles. The van der Waals surface area contributed by atoms with E-state index in [-0.39, 0.29) is 33.0 Å². The molecule has 176 valence electrons. The van der Waals surface area contributed by atoms with Gasteiger partial charge in [-0.3, -0.25) is 14.3 Å². The van der Waals surface area contributed by atoms with Gasteiger partial charge in [0.2, 0.25) is 5.91 Å². The van der Waals surface area contributed by atoms with E-state index in [4.69, 9.17) is 16.3 Å². The van der Waals surface area contributed by atoms with Gasteiger partial charge in [0.15, 0.2) is 0 Å². The van der Waals surface area contributed by atoms with Crippen LogP contribution in [0.4, 0.5) is 17.1 Å². The minimum Gasteiger partial charge on any atom is -0.495 e. The van der Waals surface area contributed by atoms with Gasteiger partial charge in [0.1, 0.15) is 10.6 Å². The molecule has 34 heavy (non-hydrogen) atoms. The number of nitrogens with one attached hydrogen (secondary N) is 3. The van der Waals surface area contributed by atoms with Crippen molar-refractivity contribution in [3.8, 4) is 5.75 Å². The molecule has 0 bridgehead atoms. The minimum atomic E-state index is -4.12. The van der Waals surface area contributed by atoms with Crippen LogP contribution in [0.15, 0.2) is 71.6 Å². The number of amides is 2. The molecule has 3 aromatic rings. The van der Waals surface area contributed by atoms with Crippen LogP contribution in [0.1, 0.15) is 23.2 Å². The number of hydrogen-bond acceptors (Lipinski definition) is 5. The van der Waals surface area contributed by atoms with Gasteiger partial charge in [-0.25, -0.2) is 8.42 Å². The number of sulfonamides is 1. The number of ether oxygens (including phenoxy) is 1. The molecule has 10 heteroatoms. The maximum Gasteiger partial charge on any atom is 0.263 e. The molecule has 1 fully saturated rings. The number of anilines is 3. The zero-order chi connectivity index (χ0) is 24.3. The van der Waals surface area contributed by atoms with Crippen molar-refractivity contribution in [1.82, 2.24) is 0 Å². The van der Waals surface area contributed by atoms with Crippen LogP contribution in [0.2, 0.25) is 5.02 Å². The van der Waals surface area contributed by atoms with E-state index in [1.807, 2.05) is 0 Å². The number of halogens is 1. The van der Waals surface area contributed by atoms with Gasteiger partial charge in [0.25, 0.3) is 15.9 Å². The second kappa shape index (κ2) is 9.74. The van der Waals surface area contributed by atoms with Crippen LogP contribution in [0.5, 0.6) is 5.75 Å². The monoisotopic (exact) mass is 499 g/mol. The van der Waals surface area contributed by atoms with Crippen LogP contribution in [0, 0.1) is 5.92 Å². The highest BCUT2D eigenvalue weighted by Crippen LogP contribution is 2.31. The molecule has 0 unspecified atom stereocenters. The van der Waals surface area contributed by atoms with E-state index < -0.39 is 15.9 Å². The largest absolute Gasteiger partial charge is 0.495 e. The summed E-state index contributed by atoms with van der Waals surface area (Å²) < 4.78 is 33.6. The van der Waals surface area contributed by atoms with Crippen LogP contribution < -0.4 is 20.1 Å². The van der Waals surface area contributed by atoms with Gasteiger partial charge in [-0.05, 0) is 61.4 Å². The molecule has 0 aromatic heterocycles. The van der Waals surface area contributed by atoms with E-state index >= 15 is 0 Å². The highest BCUT2D eigenvalue weighted by atomic mass is 35.5. The minimum absolute atomic E-state index is 0.0382. The van der Waals surface area contributed by atoms with Crippen molar-refractivity contribution in [2.45, 2.75) is 17.7 Å². The Morgan fingerprint density at radius 1 is 0.941 bits per heavy atom. The molecule has 0 saturated heterocycles. The summed E-state index contributed by atoms with van der Waals surface area (Å²) in [5.41, 5.74) is 1.35. The fourth-order valence-corrected chi connectivity index (χ4v) is 4.84. The third-order valence-electron chi connectivity index (χ3n) is 5.17. The number of hydrogen-bond donors (Lipinski definition) is 3. The maximum atomic E-state index is 13.0.